The molecule has 0 spiro atoms. The van der Waals surface area contributed by atoms with Crippen LogP contribution in [0, 0.1) is 0 Å². The van der Waals surface area contributed by atoms with Gasteiger partial charge in [-0.25, -0.2) is 0 Å². The van der Waals surface area contributed by atoms with E-state index in [0.29, 0.717) is 11.5 Å². The van der Waals surface area contributed by atoms with Crippen molar-refractivity contribution >= 4 is 10.1 Å². The lowest BCUT2D eigenvalue weighted by Crippen LogP contribution is -2.10. The molecule has 0 amide bonds. The van der Waals surface area contributed by atoms with E-state index >= 15 is 0 Å². The third-order valence-electron chi connectivity index (χ3n) is 7.78. The number of hydrogen-bond donors (Lipinski definition) is 0. The molecule has 0 aliphatic rings. The molecule has 0 heterocycles. The summed E-state index contributed by atoms with van der Waals surface area (Å²) in [6.45, 7) is 4.83. The molecular weight excluding hydrogens is 488 g/mol. The molecule has 0 saturated carbocycles. The Bertz CT molecular complexity index is 744. The first-order chi connectivity index (χ1) is 18.6. The van der Waals surface area contributed by atoms with Gasteiger partial charge in [0.25, 0.3) is 10.1 Å². The average Bonchev–Trinajstić information content (AvgIpc) is 2.92. The van der Waals surface area contributed by atoms with Crippen molar-refractivity contribution in [3.63, 3.8) is 0 Å². The van der Waals surface area contributed by atoms with Crippen molar-refractivity contribution in [2.75, 3.05) is 6.61 Å². The van der Waals surface area contributed by atoms with Crippen LogP contribution >= 0.6 is 0 Å². The molecule has 0 unspecified atom stereocenters. The molecule has 38 heavy (non-hydrogen) atoms. The number of rotatable bonds is 28. The molecule has 1 rings (SSSR count). The van der Waals surface area contributed by atoms with Crippen molar-refractivity contribution in [2.24, 2.45) is 0 Å². The SMILES string of the molecule is CCCCCCCCCCCCCCCCOS(=O)(=O)c1ccccc1CCCCCCCCCCCC. The Morgan fingerprint density at radius 2 is 0.868 bits per heavy atom. The van der Waals surface area contributed by atoms with E-state index in [1.807, 2.05) is 18.2 Å². The van der Waals surface area contributed by atoms with Gasteiger partial charge in [0.05, 0.1) is 11.5 Å². The average molecular weight is 551 g/mol. The predicted octanol–water partition coefficient (Wildman–Crippen LogP) is 11.3. The van der Waals surface area contributed by atoms with Gasteiger partial charge in [-0.1, -0.05) is 173 Å². The fraction of sp³-hybridized carbons (Fsp3) is 0.824. The maximum Gasteiger partial charge on any atom is 0.297 e. The fourth-order valence-corrected chi connectivity index (χ4v) is 6.49. The zero-order valence-corrected chi connectivity index (χ0v) is 26.1. The standard InChI is InChI=1S/C34H62O3S/c1-3-5-7-9-11-13-15-16-17-18-20-22-24-28-32-37-38(35,36)34-31-27-26-30-33(34)29-25-23-21-19-14-12-10-8-6-4-2/h26-27,30-31H,3-25,28-29,32H2,1-2H3. The Labute approximate surface area is 238 Å². The minimum absolute atomic E-state index is 0.299. The van der Waals surface area contributed by atoms with E-state index in [4.69, 9.17) is 4.18 Å². The van der Waals surface area contributed by atoms with Gasteiger partial charge in [-0.05, 0) is 30.9 Å². The van der Waals surface area contributed by atoms with E-state index in [0.717, 1.165) is 31.2 Å². The summed E-state index contributed by atoms with van der Waals surface area (Å²) in [5.41, 5.74) is 0.910. The summed E-state index contributed by atoms with van der Waals surface area (Å²) in [6.07, 6.45) is 31.8. The van der Waals surface area contributed by atoms with Crippen molar-refractivity contribution < 1.29 is 12.6 Å². The summed E-state index contributed by atoms with van der Waals surface area (Å²) in [4.78, 5) is 0.376. The molecule has 0 fully saturated rings. The monoisotopic (exact) mass is 550 g/mol. The fourth-order valence-electron chi connectivity index (χ4n) is 5.29. The van der Waals surface area contributed by atoms with Crippen LogP contribution in [0.4, 0.5) is 0 Å². The van der Waals surface area contributed by atoms with E-state index < -0.39 is 10.1 Å². The van der Waals surface area contributed by atoms with E-state index in [2.05, 4.69) is 13.8 Å². The van der Waals surface area contributed by atoms with Crippen LogP contribution in [0.15, 0.2) is 29.2 Å². The highest BCUT2D eigenvalue weighted by Crippen LogP contribution is 2.21. The van der Waals surface area contributed by atoms with Crippen LogP contribution in [0.3, 0.4) is 0 Å². The van der Waals surface area contributed by atoms with Crippen LogP contribution in [0.25, 0.3) is 0 Å². The molecule has 0 radical (unpaired) electrons. The highest BCUT2D eigenvalue weighted by atomic mass is 32.2. The van der Waals surface area contributed by atoms with Crippen molar-refractivity contribution in [2.45, 2.75) is 179 Å². The molecule has 0 bridgehead atoms. The van der Waals surface area contributed by atoms with E-state index in [1.165, 1.54) is 135 Å². The molecule has 0 atom stereocenters. The Hall–Kier alpha value is -0.870. The van der Waals surface area contributed by atoms with Gasteiger partial charge < -0.3 is 0 Å². The molecule has 0 saturated heterocycles. The second-order valence-corrected chi connectivity index (χ2v) is 13.0. The second kappa shape index (κ2) is 25.1. The van der Waals surface area contributed by atoms with Crippen LogP contribution in [0.5, 0.6) is 0 Å². The predicted molar refractivity (Wildman–Crippen MR) is 165 cm³/mol. The summed E-state index contributed by atoms with van der Waals surface area (Å²) in [6, 6.07) is 7.42. The largest absolute Gasteiger partial charge is 0.297 e. The summed E-state index contributed by atoms with van der Waals surface area (Å²) < 4.78 is 31.1. The summed E-state index contributed by atoms with van der Waals surface area (Å²) in [5.74, 6) is 0. The van der Waals surface area contributed by atoms with Crippen LogP contribution in [-0.2, 0) is 20.7 Å². The van der Waals surface area contributed by atoms with Crippen molar-refractivity contribution in [1.29, 1.82) is 0 Å². The van der Waals surface area contributed by atoms with Crippen molar-refractivity contribution in [1.82, 2.24) is 0 Å². The van der Waals surface area contributed by atoms with E-state index in [1.54, 1.807) is 6.07 Å². The molecule has 3 nitrogen and oxygen atoms in total. The normalized spacial score (nSPS) is 11.8. The lowest BCUT2D eigenvalue weighted by molar-refractivity contribution is 0.305. The highest BCUT2D eigenvalue weighted by Gasteiger charge is 2.18. The maximum atomic E-state index is 12.8. The molecule has 0 aliphatic carbocycles. The number of unbranched alkanes of at least 4 members (excludes halogenated alkanes) is 22. The van der Waals surface area contributed by atoms with Crippen molar-refractivity contribution in [3.05, 3.63) is 29.8 Å². The molecule has 0 N–H and O–H groups in total. The summed E-state index contributed by atoms with van der Waals surface area (Å²) in [7, 11) is -3.67. The number of aryl methyl sites for hydroxylation is 1. The lowest BCUT2D eigenvalue weighted by Gasteiger charge is -2.11. The van der Waals surface area contributed by atoms with Gasteiger partial charge in [0.1, 0.15) is 0 Å². The third kappa shape index (κ3) is 19.2. The summed E-state index contributed by atoms with van der Waals surface area (Å²) >= 11 is 0. The van der Waals surface area contributed by atoms with Gasteiger partial charge in [0, 0.05) is 0 Å². The first kappa shape index (κ1) is 35.2. The van der Waals surface area contributed by atoms with E-state index in [9.17, 15) is 8.42 Å². The molecule has 222 valence electrons. The molecule has 0 aliphatic heterocycles. The Balaban J connectivity index is 2.10. The first-order valence-electron chi connectivity index (χ1n) is 16.6. The highest BCUT2D eigenvalue weighted by molar-refractivity contribution is 7.86. The molecule has 4 heteroatoms. The van der Waals surface area contributed by atoms with Gasteiger partial charge in [-0.15, -0.1) is 0 Å². The Morgan fingerprint density at radius 1 is 0.500 bits per heavy atom. The zero-order valence-electron chi connectivity index (χ0n) is 25.3. The smallest absolute Gasteiger partial charge is 0.266 e. The van der Waals surface area contributed by atoms with Crippen LogP contribution in [-0.4, -0.2) is 15.0 Å². The number of benzene rings is 1. The maximum absolute atomic E-state index is 12.8. The van der Waals surface area contributed by atoms with Crippen molar-refractivity contribution in [3.8, 4) is 0 Å². The number of hydrogen-bond acceptors (Lipinski definition) is 3. The van der Waals surface area contributed by atoms with Crippen LogP contribution in [0.1, 0.15) is 174 Å². The quantitative estimate of drug-likeness (QED) is 0.0769. The lowest BCUT2D eigenvalue weighted by atomic mass is 10.0. The van der Waals surface area contributed by atoms with Crippen LogP contribution < -0.4 is 0 Å². The van der Waals surface area contributed by atoms with E-state index in [-0.39, 0.29) is 0 Å². The minimum Gasteiger partial charge on any atom is -0.266 e. The third-order valence-corrected chi connectivity index (χ3v) is 9.19. The minimum atomic E-state index is -3.67. The van der Waals surface area contributed by atoms with Gasteiger partial charge in [0.15, 0.2) is 0 Å². The zero-order chi connectivity index (χ0) is 27.6. The van der Waals surface area contributed by atoms with Gasteiger partial charge in [0.2, 0.25) is 0 Å². The Kier molecular flexibility index (Phi) is 23.2. The first-order valence-corrected chi connectivity index (χ1v) is 18.0. The molecular formula is C34H62O3S. The Morgan fingerprint density at radius 3 is 1.32 bits per heavy atom. The van der Waals surface area contributed by atoms with Gasteiger partial charge >= 0.3 is 0 Å². The molecule has 0 aromatic heterocycles. The topological polar surface area (TPSA) is 43.4 Å². The van der Waals surface area contributed by atoms with Crippen LogP contribution in [0.2, 0.25) is 0 Å². The van der Waals surface area contributed by atoms with Gasteiger partial charge in [-0.3, -0.25) is 4.18 Å². The molecule has 1 aromatic carbocycles. The summed E-state index contributed by atoms with van der Waals surface area (Å²) in [5, 5.41) is 0. The molecule has 1 aromatic rings. The second-order valence-electron chi connectivity index (χ2n) is 11.4. The van der Waals surface area contributed by atoms with Gasteiger partial charge in [-0.2, -0.15) is 8.42 Å².